The van der Waals surface area contributed by atoms with E-state index in [2.05, 4.69) is 17.2 Å². The number of piperidine rings is 1. The number of pyridine rings is 1. The molecule has 1 fully saturated rings. The predicted octanol–water partition coefficient (Wildman–Crippen LogP) is 3.04. The third-order valence-corrected chi connectivity index (χ3v) is 3.69. The summed E-state index contributed by atoms with van der Waals surface area (Å²) in [6.45, 7) is 6.57. The molecule has 1 N–H and O–H groups in total. The summed E-state index contributed by atoms with van der Waals surface area (Å²) in [6, 6.07) is 1.74. The molecule has 0 saturated carbocycles. The zero-order valence-electron chi connectivity index (χ0n) is 11.4. The lowest BCUT2D eigenvalue weighted by Gasteiger charge is -2.31. The van der Waals surface area contributed by atoms with E-state index in [1.165, 1.54) is 6.42 Å². The van der Waals surface area contributed by atoms with Gasteiger partial charge in [-0.05, 0) is 31.7 Å². The van der Waals surface area contributed by atoms with Crippen molar-refractivity contribution in [2.45, 2.75) is 26.7 Å². The number of hydrogen-bond donors (Lipinski definition) is 1. The number of amides is 1. The van der Waals surface area contributed by atoms with Gasteiger partial charge in [0, 0.05) is 25.8 Å². The summed E-state index contributed by atoms with van der Waals surface area (Å²) in [7, 11) is 0. The zero-order valence-corrected chi connectivity index (χ0v) is 12.2. The Bertz CT molecular complexity index is 464. The maximum atomic E-state index is 12.5. The minimum absolute atomic E-state index is 0.0121. The van der Waals surface area contributed by atoms with Crippen molar-refractivity contribution in [3.05, 3.63) is 22.8 Å². The molecule has 1 atom stereocenters. The number of anilines is 1. The quantitative estimate of drug-likeness (QED) is 0.926. The Kier molecular flexibility index (Phi) is 4.64. The molecular weight excluding hydrogens is 262 g/mol. The molecule has 1 aromatic rings. The second kappa shape index (κ2) is 6.24. The predicted molar refractivity (Wildman–Crippen MR) is 77.7 cm³/mol. The van der Waals surface area contributed by atoms with E-state index >= 15 is 0 Å². The average Bonchev–Trinajstić information content (AvgIpc) is 2.40. The number of nitrogens with zero attached hydrogens (tertiary/aromatic N) is 2. The highest BCUT2D eigenvalue weighted by Gasteiger charge is 2.24. The molecular formula is C14H20ClN3O. The molecule has 1 aliphatic rings. The fourth-order valence-corrected chi connectivity index (χ4v) is 2.61. The maximum absolute atomic E-state index is 12.5. The SMILES string of the molecule is CCNc1cc(C(=O)N2CCCC(C)C2)c(Cl)cn1. The fraction of sp³-hybridized carbons (Fsp3) is 0.571. The van der Waals surface area contributed by atoms with Gasteiger partial charge in [0.1, 0.15) is 5.82 Å². The van der Waals surface area contributed by atoms with Gasteiger partial charge >= 0.3 is 0 Å². The van der Waals surface area contributed by atoms with Gasteiger partial charge in [0.25, 0.3) is 5.91 Å². The summed E-state index contributed by atoms with van der Waals surface area (Å²) < 4.78 is 0. The van der Waals surface area contributed by atoms with E-state index in [0.717, 1.165) is 26.1 Å². The van der Waals surface area contributed by atoms with Gasteiger partial charge < -0.3 is 10.2 Å². The molecule has 2 heterocycles. The van der Waals surface area contributed by atoms with Crippen molar-refractivity contribution in [1.82, 2.24) is 9.88 Å². The third kappa shape index (κ3) is 3.38. The second-order valence-electron chi connectivity index (χ2n) is 5.08. The highest BCUT2D eigenvalue weighted by atomic mass is 35.5. The van der Waals surface area contributed by atoms with Crippen molar-refractivity contribution in [3.8, 4) is 0 Å². The van der Waals surface area contributed by atoms with E-state index in [1.807, 2.05) is 11.8 Å². The van der Waals surface area contributed by atoms with E-state index in [1.54, 1.807) is 12.3 Å². The van der Waals surface area contributed by atoms with Crippen LogP contribution in [-0.2, 0) is 0 Å². The van der Waals surface area contributed by atoms with Crippen LogP contribution in [-0.4, -0.2) is 35.4 Å². The van der Waals surface area contributed by atoms with Gasteiger partial charge in [0.2, 0.25) is 0 Å². The lowest BCUT2D eigenvalue weighted by molar-refractivity contribution is 0.0683. The first-order valence-corrected chi connectivity index (χ1v) is 7.18. The molecule has 0 bridgehead atoms. The van der Waals surface area contributed by atoms with Crippen LogP contribution in [0.5, 0.6) is 0 Å². The molecule has 4 nitrogen and oxygen atoms in total. The Hall–Kier alpha value is -1.29. The van der Waals surface area contributed by atoms with Crippen LogP contribution in [0, 0.1) is 5.92 Å². The fourth-order valence-electron chi connectivity index (χ4n) is 2.42. The van der Waals surface area contributed by atoms with Crippen molar-refractivity contribution in [3.63, 3.8) is 0 Å². The summed E-state index contributed by atoms with van der Waals surface area (Å²) in [5.41, 5.74) is 0.543. The van der Waals surface area contributed by atoms with Crippen LogP contribution in [0.2, 0.25) is 5.02 Å². The van der Waals surface area contributed by atoms with E-state index < -0.39 is 0 Å². The van der Waals surface area contributed by atoms with Gasteiger partial charge in [-0.25, -0.2) is 4.98 Å². The number of aromatic nitrogens is 1. The van der Waals surface area contributed by atoms with Gasteiger partial charge in [-0.1, -0.05) is 18.5 Å². The molecule has 1 unspecified atom stereocenters. The van der Waals surface area contributed by atoms with Gasteiger partial charge in [-0.15, -0.1) is 0 Å². The summed E-state index contributed by atoms with van der Waals surface area (Å²) in [5.74, 6) is 1.27. The zero-order chi connectivity index (χ0) is 13.8. The molecule has 1 aromatic heterocycles. The molecule has 0 aliphatic carbocycles. The molecule has 1 amide bonds. The second-order valence-corrected chi connectivity index (χ2v) is 5.49. The van der Waals surface area contributed by atoms with Crippen molar-refractivity contribution in [2.75, 3.05) is 25.0 Å². The molecule has 2 rings (SSSR count). The number of hydrogen-bond acceptors (Lipinski definition) is 3. The van der Waals surface area contributed by atoms with Crippen LogP contribution in [0.3, 0.4) is 0 Å². The van der Waals surface area contributed by atoms with Gasteiger partial charge in [-0.2, -0.15) is 0 Å². The molecule has 1 saturated heterocycles. The summed E-state index contributed by atoms with van der Waals surface area (Å²) in [4.78, 5) is 18.6. The van der Waals surface area contributed by atoms with Crippen LogP contribution in [0.15, 0.2) is 12.3 Å². The Morgan fingerprint density at radius 3 is 3.11 bits per heavy atom. The lowest BCUT2D eigenvalue weighted by atomic mass is 9.99. The molecule has 19 heavy (non-hydrogen) atoms. The van der Waals surface area contributed by atoms with Crippen molar-refractivity contribution >= 4 is 23.3 Å². The van der Waals surface area contributed by atoms with E-state index in [0.29, 0.717) is 22.3 Å². The summed E-state index contributed by atoms with van der Waals surface area (Å²) in [5, 5.41) is 3.52. The molecule has 104 valence electrons. The van der Waals surface area contributed by atoms with Crippen LogP contribution in [0.4, 0.5) is 5.82 Å². The standard InChI is InChI=1S/C14H20ClN3O/c1-3-16-13-7-11(12(15)8-17-13)14(19)18-6-4-5-10(2)9-18/h7-8,10H,3-6,9H2,1-2H3,(H,16,17). The summed E-state index contributed by atoms with van der Waals surface area (Å²) >= 11 is 6.11. The average molecular weight is 282 g/mol. The first-order valence-electron chi connectivity index (χ1n) is 6.80. The maximum Gasteiger partial charge on any atom is 0.255 e. The normalized spacial score (nSPS) is 19.3. The molecule has 0 spiro atoms. The largest absolute Gasteiger partial charge is 0.370 e. The number of carbonyl (C=O) groups excluding carboxylic acids is 1. The van der Waals surface area contributed by atoms with Gasteiger partial charge in [-0.3, -0.25) is 4.79 Å². The highest BCUT2D eigenvalue weighted by Crippen LogP contribution is 2.23. The van der Waals surface area contributed by atoms with Gasteiger partial charge in [0.05, 0.1) is 10.6 Å². The number of halogens is 1. The first-order chi connectivity index (χ1) is 9.11. The highest BCUT2D eigenvalue weighted by molar-refractivity contribution is 6.33. The number of likely N-dealkylation sites (tertiary alicyclic amines) is 1. The van der Waals surface area contributed by atoms with E-state index in [4.69, 9.17) is 11.6 Å². The van der Waals surface area contributed by atoms with Crippen LogP contribution in [0.1, 0.15) is 37.0 Å². The topological polar surface area (TPSA) is 45.2 Å². The van der Waals surface area contributed by atoms with Crippen LogP contribution >= 0.6 is 11.6 Å². The summed E-state index contributed by atoms with van der Waals surface area (Å²) in [6.07, 6.45) is 3.80. The molecule has 0 radical (unpaired) electrons. The van der Waals surface area contributed by atoms with E-state index in [9.17, 15) is 4.79 Å². The van der Waals surface area contributed by atoms with Crippen molar-refractivity contribution < 1.29 is 4.79 Å². The van der Waals surface area contributed by atoms with Crippen molar-refractivity contribution in [2.24, 2.45) is 5.92 Å². The van der Waals surface area contributed by atoms with Gasteiger partial charge in [0.15, 0.2) is 0 Å². The van der Waals surface area contributed by atoms with E-state index in [-0.39, 0.29) is 5.91 Å². The molecule has 1 aliphatic heterocycles. The monoisotopic (exact) mass is 281 g/mol. The van der Waals surface area contributed by atoms with Crippen molar-refractivity contribution in [1.29, 1.82) is 0 Å². The Labute approximate surface area is 119 Å². The Morgan fingerprint density at radius 2 is 2.42 bits per heavy atom. The molecule has 5 heteroatoms. The van der Waals surface area contributed by atoms with Crippen LogP contribution in [0.25, 0.3) is 0 Å². The Morgan fingerprint density at radius 1 is 1.63 bits per heavy atom. The third-order valence-electron chi connectivity index (χ3n) is 3.39. The Balaban J connectivity index is 2.19. The number of carbonyl (C=O) groups is 1. The number of rotatable bonds is 3. The lowest BCUT2D eigenvalue weighted by Crippen LogP contribution is -2.39. The molecule has 0 aromatic carbocycles. The smallest absolute Gasteiger partial charge is 0.255 e. The first kappa shape index (κ1) is 14.1. The minimum atomic E-state index is 0.0121. The van der Waals surface area contributed by atoms with Crippen LogP contribution < -0.4 is 5.32 Å². The minimum Gasteiger partial charge on any atom is -0.370 e. The number of nitrogens with one attached hydrogen (secondary N) is 1.